The van der Waals surface area contributed by atoms with Gasteiger partial charge in [0.2, 0.25) is 5.13 Å². The van der Waals surface area contributed by atoms with Crippen molar-refractivity contribution >= 4 is 33.8 Å². The Kier molecular flexibility index (Phi) is 4.88. The molecule has 0 fully saturated rings. The first-order valence-corrected chi connectivity index (χ1v) is 10.7. The Morgan fingerprint density at radius 1 is 0.828 bits per heavy atom. The van der Waals surface area contributed by atoms with Crippen LogP contribution in [0.2, 0.25) is 5.02 Å². The number of hydrogen-bond acceptors (Lipinski definition) is 4. The molecule has 5 rings (SSSR count). The lowest BCUT2D eigenvalue weighted by atomic mass is 9.99. The van der Waals surface area contributed by atoms with Gasteiger partial charge in [-0.15, -0.1) is 11.3 Å². The Morgan fingerprint density at radius 2 is 1.48 bits per heavy atom. The molecule has 0 radical (unpaired) electrons. The molecule has 1 aliphatic heterocycles. The minimum Gasteiger partial charge on any atom is -0.231 e. The second kappa shape index (κ2) is 7.82. The summed E-state index contributed by atoms with van der Waals surface area (Å²) in [4.78, 5) is 4.90. The summed E-state index contributed by atoms with van der Waals surface area (Å²) in [6, 6.07) is 28.7. The smallest absolute Gasteiger partial charge is 0.207 e. The fraction of sp³-hybridized carbons (Fsp3) is 0.0833. The van der Waals surface area contributed by atoms with Crippen molar-refractivity contribution in [3.05, 3.63) is 106 Å². The molecular formula is C24H18ClN3S. The average Bonchev–Trinajstić information content (AvgIpc) is 3.43. The number of hydrogen-bond donors (Lipinski definition) is 0. The SMILES string of the molecule is Clc1ccc([C@H]2CC(c3ccccc3)=NN2c2nc(-c3ccccc3)cs2)cc1. The first-order valence-electron chi connectivity index (χ1n) is 9.46. The lowest BCUT2D eigenvalue weighted by Gasteiger charge is -2.21. The van der Waals surface area contributed by atoms with Gasteiger partial charge in [0.05, 0.1) is 17.4 Å². The van der Waals surface area contributed by atoms with Crippen molar-refractivity contribution < 1.29 is 0 Å². The molecule has 0 unspecified atom stereocenters. The first-order chi connectivity index (χ1) is 14.3. The van der Waals surface area contributed by atoms with Crippen LogP contribution in [0.3, 0.4) is 0 Å². The van der Waals surface area contributed by atoms with Crippen LogP contribution < -0.4 is 5.01 Å². The molecule has 3 nitrogen and oxygen atoms in total. The number of rotatable bonds is 4. The summed E-state index contributed by atoms with van der Waals surface area (Å²) >= 11 is 7.74. The Morgan fingerprint density at radius 3 is 2.17 bits per heavy atom. The van der Waals surface area contributed by atoms with E-state index in [0.29, 0.717) is 0 Å². The predicted octanol–water partition coefficient (Wildman–Crippen LogP) is 6.82. The molecule has 1 atom stereocenters. The third-order valence-corrected chi connectivity index (χ3v) is 6.11. The molecule has 142 valence electrons. The van der Waals surface area contributed by atoms with Gasteiger partial charge in [-0.05, 0) is 23.3 Å². The summed E-state index contributed by atoms with van der Waals surface area (Å²) in [5, 5.41) is 10.8. The van der Waals surface area contributed by atoms with Crippen LogP contribution in [0.25, 0.3) is 11.3 Å². The Bertz CT molecular complexity index is 1140. The molecule has 0 saturated carbocycles. The first kappa shape index (κ1) is 18.1. The van der Waals surface area contributed by atoms with Crippen molar-refractivity contribution in [2.24, 2.45) is 5.10 Å². The second-order valence-electron chi connectivity index (χ2n) is 6.91. The summed E-state index contributed by atoms with van der Waals surface area (Å²) in [5.74, 6) is 0. The van der Waals surface area contributed by atoms with Gasteiger partial charge >= 0.3 is 0 Å². The van der Waals surface area contributed by atoms with E-state index in [1.807, 2.05) is 36.4 Å². The van der Waals surface area contributed by atoms with Crippen molar-refractivity contribution in [1.82, 2.24) is 4.98 Å². The van der Waals surface area contributed by atoms with Crippen LogP contribution >= 0.6 is 22.9 Å². The van der Waals surface area contributed by atoms with Gasteiger partial charge in [0.25, 0.3) is 0 Å². The fourth-order valence-corrected chi connectivity index (χ4v) is 4.51. The van der Waals surface area contributed by atoms with Gasteiger partial charge in [-0.25, -0.2) is 9.99 Å². The third kappa shape index (κ3) is 3.69. The van der Waals surface area contributed by atoms with Gasteiger partial charge in [0.1, 0.15) is 0 Å². The number of benzene rings is 3. The Balaban J connectivity index is 1.54. The third-order valence-electron chi connectivity index (χ3n) is 5.03. The van der Waals surface area contributed by atoms with Crippen LogP contribution in [0.1, 0.15) is 23.6 Å². The number of thiazole rings is 1. The average molecular weight is 416 g/mol. The predicted molar refractivity (Wildman–Crippen MR) is 122 cm³/mol. The largest absolute Gasteiger partial charge is 0.231 e. The highest BCUT2D eigenvalue weighted by atomic mass is 35.5. The molecule has 0 amide bonds. The van der Waals surface area contributed by atoms with E-state index in [2.05, 4.69) is 58.9 Å². The normalized spacial score (nSPS) is 16.1. The maximum absolute atomic E-state index is 6.11. The molecule has 29 heavy (non-hydrogen) atoms. The maximum atomic E-state index is 6.11. The zero-order valence-electron chi connectivity index (χ0n) is 15.6. The molecule has 2 heterocycles. The minimum atomic E-state index is 0.0947. The zero-order valence-corrected chi connectivity index (χ0v) is 17.1. The van der Waals surface area contributed by atoms with Gasteiger partial charge in [-0.2, -0.15) is 5.10 Å². The van der Waals surface area contributed by atoms with Crippen molar-refractivity contribution in [1.29, 1.82) is 0 Å². The highest BCUT2D eigenvalue weighted by Crippen LogP contribution is 2.39. The summed E-state index contributed by atoms with van der Waals surface area (Å²) < 4.78 is 0. The number of nitrogens with zero attached hydrogens (tertiary/aromatic N) is 3. The molecule has 0 bridgehead atoms. The minimum absolute atomic E-state index is 0.0947. The maximum Gasteiger partial charge on any atom is 0.207 e. The van der Waals surface area contributed by atoms with E-state index in [1.165, 1.54) is 5.56 Å². The zero-order chi connectivity index (χ0) is 19.6. The summed E-state index contributed by atoms with van der Waals surface area (Å²) in [6.07, 6.45) is 0.825. The molecule has 5 heteroatoms. The number of anilines is 1. The molecule has 0 spiro atoms. The van der Waals surface area contributed by atoms with E-state index < -0.39 is 0 Å². The number of halogens is 1. The van der Waals surface area contributed by atoms with Gasteiger partial charge in [-0.1, -0.05) is 84.4 Å². The van der Waals surface area contributed by atoms with Crippen molar-refractivity contribution in [3.8, 4) is 11.3 Å². The van der Waals surface area contributed by atoms with Gasteiger partial charge in [-0.3, -0.25) is 0 Å². The van der Waals surface area contributed by atoms with Crippen molar-refractivity contribution in [2.75, 3.05) is 5.01 Å². The van der Waals surface area contributed by atoms with Crippen LogP contribution in [0.4, 0.5) is 5.13 Å². The fourth-order valence-electron chi connectivity index (χ4n) is 3.55. The molecule has 4 aromatic rings. The Labute approximate surface area is 178 Å². The van der Waals surface area contributed by atoms with Crippen LogP contribution in [-0.4, -0.2) is 10.7 Å². The van der Waals surface area contributed by atoms with Crippen LogP contribution in [-0.2, 0) is 0 Å². The molecule has 1 aliphatic rings. The van der Waals surface area contributed by atoms with Crippen LogP contribution in [0.15, 0.2) is 95.4 Å². The summed E-state index contributed by atoms with van der Waals surface area (Å²) in [6.45, 7) is 0. The van der Waals surface area contributed by atoms with E-state index in [4.69, 9.17) is 21.7 Å². The van der Waals surface area contributed by atoms with E-state index in [9.17, 15) is 0 Å². The molecule has 0 aliphatic carbocycles. The highest BCUT2D eigenvalue weighted by molar-refractivity contribution is 7.14. The van der Waals surface area contributed by atoms with Crippen molar-refractivity contribution in [3.63, 3.8) is 0 Å². The van der Waals surface area contributed by atoms with Crippen molar-refractivity contribution in [2.45, 2.75) is 12.5 Å². The molecule has 0 N–H and O–H groups in total. The van der Waals surface area contributed by atoms with E-state index in [0.717, 1.165) is 39.1 Å². The quantitative estimate of drug-likeness (QED) is 0.366. The van der Waals surface area contributed by atoms with Crippen LogP contribution in [0.5, 0.6) is 0 Å². The lowest BCUT2D eigenvalue weighted by molar-refractivity contribution is 0.706. The molecule has 0 saturated heterocycles. The topological polar surface area (TPSA) is 28.5 Å². The molecule has 1 aromatic heterocycles. The van der Waals surface area contributed by atoms with Gasteiger partial charge in [0.15, 0.2) is 0 Å². The lowest BCUT2D eigenvalue weighted by Crippen LogP contribution is -2.18. The van der Waals surface area contributed by atoms with Gasteiger partial charge in [0, 0.05) is 22.4 Å². The van der Waals surface area contributed by atoms with E-state index in [-0.39, 0.29) is 6.04 Å². The van der Waals surface area contributed by atoms with E-state index >= 15 is 0 Å². The highest BCUT2D eigenvalue weighted by Gasteiger charge is 2.31. The monoisotopic (exact) mass is 415 g/mol. The number of hydrazone groups is 1. The second-order valence-corrected chi connectivity index (χ2v) is 8.18. The standard InChI is InChI=1S/C24H18ClN3S/c25-20-13-11-19(12-14-20)23-15-21(17-7-3-1-4-8-17)27-28(23)24-26-22(16-29-24)18-9-5-2-6-10-18/h1-14,16,23H,15H2/t23-/m1/s1. The van der Waals surface area contributed by atoms with E-state index in [1.54, 1.807) is 11.3 Å². The van der Waals surface area contributed by atoms with Crippen LogP contribution in [0, 0.1) is 0 Å². The number of aromatic nitrogens is 1. The molecule has 3 aromatic carbocycles. The van der Waals surface area contributed by atoms with Gasteiger partial charge < -0.3 is 0 Å². The Hall–Kier alpha value is -2.95. The molecular weight excluding hydrogens is 398 g/mol. The summed E-state index contributed by atoms with van der Waals surface area (Å²) in [5.41, 5.74) is 5.49. The summed E-state index contributed by atoms with van der Waals surface area (Å²) in [7, 11) is 0.